The van der Waals surface area contributed by atoms with Gasteiger partial charge in [-0.1, -0.05) is 48.5 Å². The van der Waals surface area contributed by atoms with Crippen LogP contribution in [0.15, 0.2) is 72.8 Å². The maximum absolute atomic E-state index is 12.8. The van der Waals surface area contributed by atoms with Crippen molar-refractivity contribution < 1.29 is 14.5 Å². The molecule has 30 heavy (non-hydrogen) atoms. The standard InChI is InChI=1S/C23H21N3O4/c1-15-12-13-18(14-21(15)26(29)30)22(27)25-20-11-7-6-10-19(20)23(28)24-16(2)17-8-4-3-5-9-17/h3-14,16H,1-2H3,(H,24,28)(H,25,27)/t16-/m0/s1. The van der Waals surface area contributed by atoms with Gasteiger partial charge in [0.05, 0.1) is 22.2 Å². The molecule has 0 fully saturated rings. The molecule has 0 unspecified atom stereocenters. The number of nitrogens with zero attached hydrogens (tertiary/aromatic N) is 1. The Labute approximate surface area is 173 Å². The molecule has 0 heterocycles. The highest BCUT2D eigenvalue weighted by atomic mass is 16.6. The number of nitro groups is 1. The lowest BCUT2D eigenvalue weighted by molar-refractivity contribution is -0.385. The zero-order chi connectivity index (χ0) is 21.7. The number of para-hydroxylation sites is 1. The van der Waals surface area contributed by atoms with Crippen LogP contribution in [0.3, 0.4) is 0 Å². The second kappa shape index (κ2) is 9.00. The zero-order valence-corrected chi connectivity index (χ0v) is 16.6. The molecule has 0 radical (unpaired) electrons. The number of carbonyl (C=O) groups excluding carboxylic acids is 2. The lowest BCUT2D eigenvalue weighted by Crippen LogP contribution is -2.28. The fraction of sp³-hybridized carbons (Fsp3) is 0.130. The molecule has 0 aliphatic rings. The van der Waals surface area contributed by atoms with Crippen molar-refractivity contribution in [2.24, 2.45) is 0 Å². The molecule has 2 amide bonds. The molecule has 0 saturated carbocycles. The minimum atomic E-state index is -0.533. The van der Waals surface area contributed by atoms with E-state index >= 15 is 0 Å². The van der Waals surface area contributed by atoms with Gasteiger partial charge in [-0.3, -0.25) is 19.7 Å². The number of rotatable bonds is 6. The van der Waals surface area contributed by atoms with Crippen molar-refractivity contribution in [1.82, 2.24) is 5.32 Å². The Morgan fingerprint density at radius 1 is 0.933 bits per heavy atom. The third-order valence-electron chi connectivity index (χ3n) is 4.74. The fourth-order valence-corrected chi connectivity index (χ4v) is 3.03. The zero-order valence-electron chi connectivity index (χ0n) is 16.6. The van der Waals surface area contributed by atoms with E-state index < -0.39 is 10.8 Å². The average molecular weight is 403 g/mol. The number of hydrogen-bond donors (Lipinski definition) is 2. The summed E-state index contributed by atoms with van der Waals surface area (Å²) in [6, 6.07) is 20.2. The van der Waals surface area contributed by atoms with Crippen molar-refractivity contribution in [3.8, 4) is 0 Å². The normalized spacial score (nSPS) is 11.4. The Morgan fingerprint density at radius 2 is 1.60 bits per heavy atom. The van der Waals surface area contributed by atoms with Gasteiger partial charge in [-0.15, -0.1) is 0 Å². The van der Waals surface area contributed by atoms with Gasteiger partial charge < -0.3 is 10.6 Å². The van der Waals surface area contributed by atoms with Gasteiger partial charge in [-0.2, -0.15) is 0 Å². The van der Waals surface area contributed by atoms with Crippen LogP contribution in [0.4, 0.5) is 11.4 Å². The van der Waals surface area contributed by atoms with E-state index in [1.165, 1.54) is 18.2 Å². The Hall–Kier alpha value is -4.00. The van der Waals surface area contributed by atoms with Crippen molar-refractivity contribution in [3.05, 3.63) is 105 Å². The number of aryl methyl sites for hydroxylation is 1. The Kier molecular flexibility index (Phi) is 6.22. The summed E-state index contributed by atoms with van der Waals surface area (Å²) in [5, 5.41) is 16.7. The third-order valence-corrected chi connectivity index (χ3v) is 4.74. The quantitative estimate of drug-likeness (QED) is 0.462. The molecule has 0 saturated heterocycles. The maximum Gasteiger partial charge on any atom is 0.273 e. The molecule has 0 spiro atoms. The van der Waals surface area contributed by atoms with E-state index in [-0.39, 0.29) is 23.2 Å². The summed E-state index contributed by atoms with van der Waals surface area (Å²) >= 11 is 0. The monoisotopic (exact) mass is 403 g/mol. The summed E-state index contributed by atoms with van der Waals surface area (Å²) < 4.78 is 0. The highest BCUT2D eigenvalue weighted by Gasteiger charge is 2.18. The summed E-state index contributed by atoms with van der Waals surface area (Å²) in [7, 11) is 0. The molecule has 3 aromatic carbocycles. The fourth-order valence-electron chi connectivity index (χ4n) is 3.03. The van der Waals surface area contributed by atoms with E-state index in [0.717, 1.165) is 5.56 Å². The van der Waals surface area contributed by atoms with Crippen molar-refractivity contribution in [1.29, 1.82) is 0 Å². The first kappa shape index (κ1) is 20.7. The van der Waals surface area contributed by atoms with E-state index in [1.54, 1.807) is 31.2 Å². The van der Waals surface area contributed by atoms with Crippen LogP contribution in [-0.2, 0) is 0 Å². The van der Waals surface area contributed by atoms with Crippen molar-refractivity contribution >= 4 is 23.2 Å². The number of amides is 2. The average Bonchev–Trinajstić information content (AvgIpc) is 2.74. The Balaban J connectivity index is 1.80. The first-order valence-corrected chi connectivity index (χ1v) is 9.38. The van der Waals surface area contributed by atoms with E-state index in [9.17, 15) is 19.7 Å². The molecule has 0 aromatic heterocycles. The first-order chi connectivity index (χ1) is 14.4. The third kappa shape index (κ3) is 4.70. The van der Waals surface area contributed by atoms with Crippen molar-refractivity contribution in [2.45, 2.75) is 19.9 Å². The maximum atomic E-state index is 12.8. The molecule has 0 aliphatic carbocycles. The molecule has 152 valence electrons. The molecule has 0 bridgehead atoms. The minimum Gasteiger partial charge on any atom is -0.345 e. The predicted molar refractivity (Wildman–Crippen MR) is 115 cm³/mol. The van der Waals surface area contributed by atoms with Crippen LogP contribution in [-0.4, -0.2) is 16.7 Å². The van der Waals surface area contributed by atoms with Crippen LogP contribution in [0.5, 0.6) is 0 Å². The largest absolute Gasteiger partial charge is 0.345 e. The van der Waals surface area contributed by atoms with E-state index in [0.29, 0.717) is 16.8 Å². The van der Waals surface area contributed by atoms with E-state index in [4.69, 9.17) is 0 Å². The molecule has 7 nitrogen and oxygen atoms in total. The summed E-state index contributed by atoms with van der Waals surface area (Å²) in [5.74, 6) is -0.869. The van der Waals surface area contributed by atoms with Gasteiger partial charge in [-0.05, 0) is 37.6 Å². The minimum absolute atomic E-state index is 0.134. The highest BCUT2D eigenvalue weighted by Crippen LogP contribution is 2.22. The topological polar surface area (TPSA) is 101 Å². The SMILES string of the molecule is Cc1ccc(C(=O)Nc2ccccc2C(=O)N[C@@H](C)c2ccccc2)cc1[N+](=O)[O-]. The van der Waals surface area contributed by atoms with Gasteiger partial charge in [0.2, 0.25) is 0 Å². The van der Waals surface area contributed by atoms with Crippen molar-refractivity contribution in [2.75, 3.05) is 5.32 Å². The number of anilines is 1. The number of carbonyl (C=O) groups is 2. The lowest BCUT2D eigenvalue weighted by atomic mass is 10.1. The van der Waals surface area contributed by atoms with Gasteiger partial charge in [0.25, 0.3) is 17.5 Å². The van der Waals surface area contributed by atoms with Crippen LogP contribution in [0.25, 0.3) is 0 Å². The smallest absolute Gasteiger partial charge is 0.273 e. The second-order valence-corrected chi connectivity index (χ2v) is 6.86. The summed E-state index contributed by atoms with van der Waals surface area (Å²) in [6.07, 6.45) is 0. The molecule has 3 aromatic rings. The number of benzene rings is 3. The molecule has 0 aliphatic heterocycles. The van der Waals surface area contributed by atoms with Crippen LogP contribution < -0.4 is 10.6 Å². The summed E-state index contributed by atoms with van der Waals surface area (Å²) in [5.41, 5.74) is 2.05. The number of nitro benzene ring substituents is 1. The summed E-state index contributed by atoms with van der Waals surface area (Å²) in [4.78, 5) is 36.1. The number of nitrogens with one attached hydrogen (secondary N) is 2. The Bertz CT molecular complexity index is 1100. The highest BCUT2D eigenvalue weighted by molar-refractivity contribution is 6.09. The van der Waals surface area contributed by atoms with Crippen LogP contribution in [0, 0.1) is 17.0 Å². The second-order valence-electron chi connectivity index (χ2n) is 6.86. The van der Waals surface area contributed by atoms with E-state index in [1.807, 2.05) is 37.3 Å². The van der Waals surface area contributed by atoms with Gasteiger partial charge >= 0.3 is 0 Å². The Morgan fingerprint density at radius 3 is 2.30 bits per heavy atom. The molecular formula is C23H21N3O4. The molecule has 7 heteroatoms. The van der Waals surface area contributed by atoms with Crippen LogP contribution in [0.2, 0.25) is 0 Å². The lowest BCUT2D eigenvalue weighted by Gasteiger charge is -2.16. The van der Waals surface area contributed by atoms with Gasteiger partial charge in [0.15, 0.2) is 0 Å². The van der Waals surface area contributed by atoms with Crippen LogP contribution in [0.1, 0.15) is 44.8 Å². The van der Waals surface area contributed by atoms with Gasteiger partial charge in [0, 0.05) is 17.2 Å². The number of hydrogen-bond acceptors (Lipinski definition) is 4. The molecule has 2 N–H and O–H groups in total. The summed E-state index contributed by atoms with van der Waals surface area (Å²) in [6.45, 7) is 3.48. The first-order valence-electron chi connectivity index (χ1n) is 9.38. The predicted octanol–water partition coefficient (Wildman–Crippen LogP) is 4.65. The van der Waals surface area contributed by atoms with Crippen LogP contribution >= 0.6 is 0 Å². The van der Waals surface area contributed by atoms with Crippen molar-refractivity contribution in [3.63, 3.8) is 0 Å². The van der Waals surface area contributed by atoms with Gasteiger partial charge in [0.1, 0.15) is 0 Å². The van der Waals surface area contributed by atoms with E-state index in [2.05, 4.69) is 10.6 Å². The molecular weight excluding hydrogens is 382 g/mol. The van der Waals surface area contributed by atoms with Gasteiger partial charge in [-0.25, -0.2) is 0 Å². The molecule has 1 atom stereocenters. The molecule has 3 rings (SSSR count).